The molecule has 1 heterocycles. The van der Waals surface area contributed by atoms with Gasteiger partial charge in [0, 0.05) is 12.6 Å². The van der Waals surface area contributed by atoms with Gasteiger partial charge in [-0.3, -0.25) is 4.79 Å². The lowest BCUT2D eigenvalue weighted by Gasteiger charge is -2.21. The minimum absolute atomic E-state index is 0.0209. The summed E-state index contributed by atoms with van der Waals surface area (Å²) >= 11 is 0. The quantitative estimate of drug-likeness (QED) is 0.837. The summed E-state index contributed by atoms with van der Waals surface area (Å²) in [5.74, 6) is 0.797. The Hall–Kier alpha value is -1.81. The number of aliphatic hydroxyl groups is 1. The van der Waals surface area contributed by atoms with Crippen LogP contribution >= 0.6 is 0 Å². The number of ether oxygens (including phenoxy) is 1. The summed E-state index contributed by atoms with van der Waals surface area (Å²) in [6.45, 7) is 3.37. The third kappa shape index (κ3) is 3.61. The summed E-state index contributed by atoms with van der Waals surface area (Å²) in [6, 6.07) is 7.59. The lowest BCUT2D eigenvalue weighted by molar-refractivity contribution is -0.127. The number of rotatable bonds is 5. The van der Waals surface area contributed by atoms with E-state index >= 15 is 0 Å². The molecule has 1 aromatic rings. The van der Waals surface area contributed by atoms with E-state index in [1.165, 1.54) is 0 Å². The average molecular weight is 275 g/mol. The number of amides is 1. The number of benzene rings is 1. The van der Waals surface area contributed by atoms with Gasteiger partial charge in [0.25, 0.3) is 0 Å². The highest BCUT2D eigenvalue weighted by Crippen LogP contribution is 2.18. The highest BCUT2D eigenvalue weighted by atomic mass is 16.5. The van der Waals surface area contributed by atoms with Crippen LogP contribution in [0.3, 0.4) is 0 Å². The molecule has 4 heteroatoms. The third-order valence-corrected chi connectivity index (χ3v) is 3.48. The number of aliphatic hydroxyl groups excluding tert-OH is 1. The Balaban J connectivity index is 1.96. The van der Waals surface area contributed by atoms with E-state index in [0.717, 1.165) is 30.7 Å². The minimum Gasteiger partial charge on any atom is -0.494 e. The molecule has 108 valence electrons. The lowest BCUT2D eigenvalue weighted by atomic mass is 10.2. The van der Waals surface area contributed by atoms with Gasteiger partial charge in [0.05, 0.1) is 19.3 Å². The first-order valence-electron chi connectivity index (χ1n) is 7.07. The van der Waals surface area contributed by atoms with Crippen molar-refractivity contribution in [1.29, 1.82) is 0 Å². The van der Waals surface area contributed by atoms with Crippen LogP contribution < -0.4 is 4.74 Å². The number of hydrogen-bond donors (Lipinski definition) is 1. The van der Waals surface area contributed by atoms with Gasteiger partial charge in [0.2, 0.25) is 5.91 Å². The van der Waals surface area contributed by atoms with Crippen LogP contribution in [0.15, 0.2) is 30.3 Å². The zero-order valence-corrected chi connectivity index (χ0v) is 11.8. The molecule has 0 unspecified atom stereocenters. The van der Waals surface area contributed by atoms with Crippen molar-refractivity contribution in [1.82, 2.24) is 4.90 Å². The van der Waals surface area contributed by atoms with Gasteiger partial charge in [0.15, 0.2) is 0 Å². The summed E-state index contributed by atoms with van der Waals surface area (Å²) in [5, 5.41) is 9.22. The summed E-state index contributed by atoms with van der Waals surface area (Å²) < 4.78 is 5.37. The largest absolute Gasteiger partial charge is 0.494 e. The maximum atomic E-state index is 12.1. The van der Waals surface area contributed by atoms with E-state index in [-0.39, 0.29) is 18.6 Å². The van der Waals surface area contributed by atoms with Crippen molar-refractivity contribution in [3.8, 4) is 5.75 Å². The predicted octanol–water partition coefficient (Wildman–Crippen LogP) is 2.08. The van der Waals surface area contributed by atoms with E-state index in [2.05, 4.69) is 0 Å². The molecule has 1 aliphatic heterocycles. The first-order valence-corrected chi connectivity index (χ1v) is 7.07. The molecule has 1 aliphatic rings. The number of nitrogens with zero attached hydrogens (tertiary/aromatic N) is 1. The third-order valence-electron chi connectivity index (χ3n) is 3.48. The Kier molecular flexibility index (Phi) is 5.18. The normalized spacial score (nSPS) is 18.7. The number of hydrogen-bond acceptors (Lipinski definition) is 3. The molecule has 1 amide bonds. The molecule has 1 aromatic carbocycles. The van der Waals surface area contributed by atoms with E-state index in [9.17, 15) is 9.90 Å². The molecule has 2 rings (SSSR count). The summed E-state index contributed by atoms with van der Waals surface area (Å²) in [7, 11) is 0. The molecule has 0 radical (unpaired) electrons. The Morgan fingerprint density at radius 1 is 1.45 bits per heavy atom. The van der Waals surface area contributed by atoms with Gasteiger partial charge in [-0.15, -0.1) is 0 Å². The number of carbonyl (C=O) groups is 1. The van der Waals surface area contributed by atoms with Crippen LogP contribution in [0.1, 0.15) is 25.3 Å². The Bertz CT molecular complexity index is 467. The molecule has 20 heavy (non-hydrogen) atoms. The van der Waals surface area contributed by atoms with Gasteiger partial charge in [-0.2, -0.15) is 0 Å². The number of carbonyl (C=O) groups excluding carboxylic acids is 1. The van der Waals surface area contributed by atoms with Crippen LogP contribution in [0, 0.1) is 0 Å². The fraction of sp³-hybridized carbons (Fsp3) is 0.438. The summed E-state index contributed by atoms with van der Waals surface area (Å²) in [6.07, 6.45) is 5.22. The molecule has 0 saturated carbocycles. The van der Waals surface area contributed by atoms with Crippen molar-refractivity contribution in [2.75, 3.05) is 19.8 Å². The first-order chi connectivity index (χ1) is 9.74. The lowest BCUT2D eigenvalue weighted by Crippen LogP contribution is -2.36. The molecule has 1 fully saturated rings. The highest BCUT2D eigenvalue weighted by molar-refractivity contribution is 5.92. The van der Waals surface area contributed by atoms with Gasteiger partial charge in [-0.05, 0) is 43.5 Å². The fourth-order valence-corrected chi connectivity index (χ4v) is 2.42. The fourth-order valence-electron chi connectivity index (χ4n) is 2.42. The van der Waals surface area contributed by atoms with Crippen molar-refractivity contribution < 1.29 is 14.6 Å². The van der Waals surface area contributed by atoms with E-state index in [1.54, 1.807) is 17.1 Å². The zero-order valence-electron chi connectivity index (χ0n) is 11.8. The highest BCUT2D eigenvalue weighted by Gasteiger charge is 2.26. The molecule has 0 bridgehead atoms. The van der Waals surface area contributed by atoms with Crippen LogP contribution in [-0.4, -0.2) is 41.7 Å². The van der Waals surface area contributed by atoms with Gasteiger partial charge in [0.1, 0.15) is 5.75 Å². The van der Waals surface area contributed by atoms with E-state index in [0.29, 0.717) is 6.61 Å². The van der Waals surface area contributed by atoms with Crippen molar-refractivity contribution >= 4 is 12.0 Å². The molecular weight excluding hydrogens is 254 g/mol. The molecule has 1 N–H and O–H groups in total. The second-order valence-electron chi connectivity index (χ2n) is 4.85. The predicted molar refractivity (Wildman–Crippen MR) is 78.5 cm³/mol. The van der Waals surface area contributed by atoms with Gasteiger partial charge in [-0.25, -0.2) is 0 Å². The maximum absolute atomic E-state index is 12.1. The van der Waals surface area contributed by atoms with E-state index in [1.807, 2.05) is 31.2 Å². The zero-order chi connectivity index (χ0) is 14.4. The van der Waals surface area contributed by atoms with Gasteiger partial charge >= 0.3 is 0 Å². The van der Waals surface area contributed by atoms with Gasteiger partial charge in [-0.1, -0.05) is 12.1 Å². The first kappa shape index (κ1) is 14.6. The van der Waals surface area contributed by atoms with Crippen molar-refractivity contribution in [2.45, 2.75) is 25.8 Å². The Morgan fingerprint density at radius 2 is 2.20 bits per heavy atom. The molecule has 4 nitrogen and oxygen atoms in total. The summed E-state index contributed by atoms with van der Waals surface area (Å²) in [5.41, 5.74) is 0.960. The van der Waals surface area contributed by atoms with E-state index < -0.39 is 0 Å². The van der Waals surface area contributed by atoms with Crippen molar-refractivity contribution in [3.05, 3.63) is 35.9 Å². The molecule has 1 atom stereocenters. The Morgan fingerprint density at radius 3 is 2.85 bits per heavy atom. The molecule has 0 aromatic heterocycles. The van der Waals surface area contributed by atoms with E-state index in [4.69, 9.17) is 4.74 Å². The molecule has 0 spiro atoms. The molecule has 0 aliphatic carbocycles. The standard InChI is InChI=1S/C16H21NO3/c1-2-20-15-8-5-13(6-9-15)7-10-16(19)17-11-3-4-14(17)12-18/h5-10,14,18H,2-4,11-12H2,1H3/t14-/m1/s1. The van der Waals surface area contributed by atoms with Gasteiger partial charge < -0.3 is 14.7 Å². The van der Waals surface area contributed by atoms with Crippen LogP contribution in [-0.2, 0) is 4.79 Å². The van der Waals surface area contributed by atoms with Crippen LogP contribution in [0.4, 0.5) is 0 Å². The second kappa shape index (κ2) is 7.10. The van der Waals surface area contributed by atoms with Crippen molar-refractivity contribution in [2.24, 2.45) is 0 Å². The summed E-state index contributed by atoms with van der Waals surface area (Å²) in [4.78, 5) is 13.8. The smallest absolute Gasteiger partial charge is 0.246 e. The number of likely N-dealkylation sites (tertiary alicyclic amines) is 1. The molecule has 1 saturated heterocycles. The maximum Gasteiger partial charge on any atom is 0.246 e. The SMILES string of the molecule is CCOc1ccc(C=CC(=O)N2CCC[C@@H]2CO)cc1. The van der Waals surface area contributed by atoms with Crippen LogP contribution in [0.5, 0.6) is 5.75 Å². The topological polar surface area (TPSA) is 49.8 Å². The second-order valence-corrected chi connectivity index (χ2v) is 4.85. The Labute approximate surface area is 119 Å². The van der Waals surface area contributed by atoms with Crippen molar-refractivity contribution in [3.63, 3.8) is 0 Å². The molecular formula is C16H21NO3. The monoisotopic (exact) mass is 275 g/mol. The van der Waals surface area contributed by atoms with Crippen LogP contribution in [0.2, 0.25) is 0 Å². The van der Waals surface area contributed by atoms with Crippen LogP contribution in [0.25, 0.3) is 6.08 Å². The average Bonchev–Trinajstić information content (AvgIpc) is 2.95. The minimum atomic E-state index is -0.0320.